The van der Waals surface area contributed by atoms with E-state index in [-0.39, 0.29) is 17.0 Å². The molecule has 2 N–H and O–H groups in total. The number of anilines is 1. The number of rotatable bonds is 2. The van der Waals surface area contributed by atoms with E-state index in [1.807, 2.05) is 13.8 Å². The van der Waals surface area contributed by atoms with Gasteiger partial charge in [-0.15, -0.1) is 0 Å². The zero-order chi connectivity index (χ0) is 15.0. The third-order valence-corrected chi connectivity index (χ3v) is 2.95. The Hall–Kier alpha value is -2.76. The van der Waals surface area contributed by atoms with Crippen LogP contribution in [0.2, 0.25) is 0 Å². The van der Waals surface area contributed by atoms with Crippen LogP contribution >= 0.6 is 0 Å². The summed E-state index contributed by atoms with van der Waals surface area (Å²) in [6.07, 6.45) is 1.43. The summed E-state index contributed by atoms with van der Waals surface area (Å²) >= 11 is 0. The summed E-state index contributed by atoms with van der Waals surface area (Å²) in [5.74, 6) is 0.134. The van der Waals surface area contributed by atoms with E-state index in [1.54, 1.807) is 18.2 Å². The first-order chi connectivity index (χ1) is 9.93. The first kappa shape index (κ1) is 13.2. The normalized spacial score (nSPS) is 14.8. The number of amides is 1. The number of pyridine rings is 1. The summed E-state index contributed by atoms with van der Waals surface area (Å²) in [4.78, 5) is 25.7. The predicted octanol–water partition coefficient (Wildman–Crippen LogP) is 2.13. The van der Waals surface area contributed by atoms with Gasteiger partial charge in [-0.2, -0.15) is 0 Å². The minimum atomic E-state index is -0.711. The van der Waals surface area contributed by atoms with Gasteiger partial charge in [0.2, 0.25) is 11.3 Å². The van der Waals surface area contributed by atoms with E-state index in [9.17, 15) is 9.59 Å². The maximum absolute atomic E-state index is 12.1. The van der Waals surface area contributed by atoms with Gasteiger partial charge in [-0.05, 0) is 18.2 Å². The van der Waals surface area contributed by atoms with Crippen LogP contribution in [0, 0.1) is 0 Å². The van der Waals surface area contributed by atoms with Crippen molar-refractivity contribution in [2.24, 2.45) is 0 Å². The summed E-state index contributed by atoms with van der Waals surface area (Å²) in [6, 6.07) is 7.92. The van der Waals surface area contributed by atoms with E-state index in [4.69, 9.17) is 9.47 Å². The van der Waals surface area contributed by atoms with Crippen LogP contribution in [-0.4, -0.2) is 16.7 Å². The summed E-state index contributed by atoms with van der Waals surface area (Å²) in [7, 11) is 0. The molecule has 1 amide bonds. The molecule has 2 heterocycles. The average molecular weight is 286 g/mol. The molecule has 21 heavy (non-hydrogen) atoms. The van der Waals surface area contributed by atoms with Crippen LogP contribution in [-0.2, 0) is 0 Å². The first-order valence-corrected chi connectivity index (χ1v) is 6.45. The standard InChI is InChI=1S/C15H14N2O4/c1-15(2)20-11-4-3-10(8-12(11)21-15)17-14(19)9-5-6-16-13(18)7-9/h3-8H,1-2H3,(H,16,18)(H,17,19). The van der Waals surface area contributed by atoms with Crippen molar-refractivity contribution in [1.82, 2.24) is 4.98 Å². The van der Waals surface area contributed by atoms with Gasteiger partial charge in [0.1, 0.15) is 0 Å². The molecule has 0 spiro atoms. The number of carbonyl (C=O) groups is 1. The summed E-state index contributed by atoms with van der Waals surface area (Å²) in [5, 5.41) is 2.72. The quantitative estimate of drug-likeness (QED) is 0.886. The van der Waals surface area contributed by atoms with E-state index in [2.05, 4.69) is 10.3 Å². The Balaban J connectivity index is 1.81. The van der Waals surface area contributed by atoms with Gasteiger partial charge in [0.05, 0.1) is 0 Å². The van der Waals surface area contributed by atoms with Crippen molar-refractivity contribution in [3.05, 3.63) is 52.4 Å². The van der Waals surface area contributed by atoms with Crippen LogP contribution in [0.5, 0.6) is 11.5 Å². The number of benzene rings is 1. The molecule has 1 aromatic carbocycles. The monoisotopic (exact) mass is 286 g/mol. The number of aromatic nitrogens is 1. The summed E-state index contributed by atoms with van der Waals surface area (Å²) in [5.41, 5.74) is 0.534. The molecule has 1 aliphatic heterocycles. The third kappa shape index (κ3) is 2.74. The minimum Gasteiger partial charge on any atom is -0.449 e. The fourth-order valence-corrected chi connectivity index (χ4v) is 2.09. The number of hydrogen-bond acceptors (Lipinski definition) is 4. The lowest BCUT2D eigenvalue weighted by Gasteiger charge is -2.16. The molecule has 1 aliphatic rings. The van der Waals surface area contributed by atoms with E-state index in [1.165, 1.54) is 18.3 Å². The third-order valence-electron chi connectivity index (χ3n) is 2.95. The van der Waals surface area contributed by atoms with Gasteiger partial charge >= 0.3 is 0 Å². The first-order valence-electron chi connectivity index (χ1n) is 6.45. The molecule has 6 nitrogen and oxygen atoms in total. The fourth-order valence-electron chi connectivity index (χ4n) is 2.09. The van der Waals surface area contributed by atoms with Crippen LogP contribution in [0.25, 0.3) is 0 Å². The maximum Gasteiger partial charge on any atom is 0.255 e. The van der Waals surface area contributed by atoms with Crippen LogP contribution in [0.3, 0.4) is 0 Å². The molecule has 0 bridgehead atoms. The molecule has 108 valence electrons. The van der Waals surface area contributed by atoms with Gasteiger partial charge in [0.25, 0.3) is 5.91 Å². The van der Waals surface area contributed by atoms with Crippen molar-refractivity contribution in [3.8, 4) is 11.5 Å². The molecule has 6 heteroatoms. The smallest absolute Gasteiger partial charge is 0.255 e. The molecule has 3 rings (SSSR count). The van der Waals surface area contributed by atoms with Gasteiger partial charge < -0.3 is 19.8 Å². The van der Waals surface area contributed by atoms with Crippen molar-refractivity contribution in [2.75, 3.05) is 5.32 Å². The van der Waals surface area contributed by atoms with Crippen LogP contribution in [0.15, 0.2) is 41.3 Å². The lowest BCUT2D eigenvalue weighted by atomic mass is 10.2. The molecule has 0 saturated carbocycles. The molecule has 0 unspecified atom stereocenters. The Bertz CT molecular complexity index is 764. The SMILES string of the molecule is CC1(C)Oc2ccc(NC(=O)c3cc[nH]c(=O)c3)cc2O1. The number of nitrogens with one attached hydrogen (secondary N) is 2. The Kier molecular flexibility index (Phi) is 2.94. The van der Waals surface area contributed by atoms with Gasteiger partial charge in [-0.1, -0.05) is 0 Å². The second-order valence-electron chi connectivity index (χ2n) is 5.16. The highest BCUT2D eigenvalue weighted by molar-refractivity contribution is 6.04. The van der Waals surface area contributed by atoms with E-state index in [0.717, 1.165) is 0 Å². The fraction of sp³-hybridized carbons (Fsp3) is 0.200. The number of ether oxygens (including phenoxy) is 2. The van der Waals surface area contributed by atoms with Crippen LogP contribution in [0.4, 0.5) is 5.69 Å². The van der Waals surface area contributed by atoms with E-state index in [0.29, 0.717) is 17.2 Å². The van der Waals surface area contributed by atoms with Gasteiger partial charge in [-0.25, -0.2) is 0 Å². The van der Waals surface area contributed by atoms with Crippen molar-refractivity contribution in [3.63, 3.8) is 0 Å². The lowest BCUT2D eigenvalue weighted by Crippen LogP contribution is -2.29. The molecule has 2 aromatic rings. The number of aromatic amines is 1. The molecule has 0 fully saturated rings. The molecular formula is C15H14N2O4. The average Bonchev–Trinajstić information content (AvgIpc) is 2.72. The van der Waals surface area contributed by atoms with Crippen molar-refractivity contribution in [1.29, 1.82) is 0 Å². The van der Waals surface area contributed by atoms with Crippen molar-refractivity contribution >= 4 is 11.6 Å². The second kappa shape index (κ2) is 4.66. The molecule has 0 saturated heterocycles. The largest absolute Gasteiger partial charge is 0.449 e. The molecule has 0 atom stereocenters. The highest BCUT2D eigenvalue weighted by Gasteiger charge is 2.31. The number of hydrogen-bond donors (Lipinski definition) is 2. The van der Waals surface area contributed by atoms with E-state index >= 15 is 0 Å². The summed E-state index contributed by atoms with van der Waals surface area (Å²) in [6.45, 7) is 3.61. The lowest BCUT2D eigenvalue weighted by molar-refractivity contribution is -0.0431. The zero-order valence-electron chi connectivity index (χ0n) is 11.6. The Morgan fingerprint density at radius 1 is 1.14 bits per heavy atom. The van der Waals surface area contributed by atoms with Crippen LogP contribution in [0.1, 0.15) is 24.2 Å². The number of carbonyl (C=O) groups excluding carboxylic acids is 1. The number of H-pyrrole nitrogens is 1. The van der Waals surface area contributed by atoms with E-state index < -0.39 is 5.79 Å². The minimum absolute atomic E-state index is 0.289. The Morgan fingerprint density at radius 3 is 2.67 bits per heavy atom. The highest BCUT2D eigenvalue weighted by atomic mass is 16.7. The molecule has 0 radical (unpaired) electrons. The maximum atomic E-state index is 12.1. The van der Waals surface area contributed by atoms with Crippen molar-refractivity contribution < 1.29 is 14.3 Å². The van der Waals surface area contributed by atoms with Crippen molar-refractivity contribution in [2.45, 2.75) is 19.6 Å². The molecule has 0 aliphatic carbocycles. The van der Waals surface area contributed by atoms with Gasteiger partial charge in [-0.3, -0.25) is 9.59 Å². The second-order valence-corrected chi connectivity index (χ2v) is 5.16. The Labute approximate surface area is 120 Å². The molecular weight excluding hydrogens is 272 g/mol. The predicted molar refractivity (Wildman–Crippen MR) is 76.8 cm³/mol. The Morgan fingerprint density at radius 2 is 1.90 bits per heavy atom. The van der Waals surface area contributed by atoms with Gasteiger partial charge in [0.15, 0.2) is 11.5 Å². The number of fused-ring (bicyclic) bond motifs is 1. The highest BCUT2D eigenvalue weighted by Crippen LogP contribution is 2.40. The summed E-state index contributed by atoms with van der Waals surface area (Å²) < 4.78 is 11.2. The zero-order valence-corrected chi connectivity index (χ0v) is 11.6. The van der Waals surface area contributed by atoms with Gasteiger partial charge in [0, 0.05) is 43.4 Å². The van der Waals surface area contributed by atoms with Crippen LogP contribution < -0.4 is 20.3 Å². The topological polar surface area (TPSA) is 80.4 Å². The molecule has 1 aromatic heterocycles.